The summed E-state index contributed by atoms with van der Waals surface area (Å²) < 4.78 is 33.6. The van der Waals surface area contributed by atoms with E-state index in [1.54, 1.807) is 13.0 Å². The van der Waals surface area contributed by atoms with Gasteiger partial charge in [-0.2, -0.15) is 0 Å². The van der Waals surface area contributed by atoms with Gasteiger partial charge in [-0.25, -0.2) is 13.1 Å². The van der Waals surface area contributed by atoms with Gasteiger partial charge in [-0.15, -0.1) is 0 Å². The number of hydrogen-bond donors (Lipinski definition) is 1. The summed E-state index contributed by atoms with van der Waals surface area (Å²) in [6.45, 7) is 4.14. The van der Waals surface area contributed by atoms with Gasteiger partial charge in [-0.3, -0.25) is 0 Å². The number of nitrogens with one attached hydrogen (secondary N) is 1. The zero-order chi connectivity index (χ0) is 16.2. The molecule has 0 bridgehead atoms. The lowest BCUT2D eigenvalue weighted by Crippen LogP contribution is -2.28. The lowest BCUT2D eigenvalue weighted by atomic mass is 10.2. The maximum atomic E-state index is 12.3. The molecule has 0 heterocycles. The second-order valence-corrected chi connectivity index (χ2v) is 7.62. The summed E-state index contributed by atoms with van der Waals surface area (Å²) >= 11 is 3.34. The van der Waals surface area contributed by atoms with E-state index in [2.05, 4.69) is 20.7 Å². The molecule has 0 fully saturated rings. The first kappa shape index (κ1) is 17.0. The highest BCUT2D eigenvalue weighted by atomic mass is 79.9. The second-order valence-electron chi connectivity index (χ2n) is 4.97. The monoisotopic (exact) mass is 383 g/mol. The molecule has 118 valence electrons. The van der Waals surface area contributed by atoms with E-state index in [-0.39, 0.29) is 13.2 Å². The molecule has 2 aromatic carbocycles. The normalized spacial score (nSPS) is 11.4. The molecular formula is C16H18BrNO3S. The van der Waals surface area contributed by atoms with Gasteiger partial charge in [-0.1, -0.05) is 28.1 Å². The Morgan fingerprint density at radius 3 is 2.45 bits per heavy atom. The van der Waals surface area contributed by atoms with Crippen molar-refractivity contribution in [2.75, 3.05) is 13.2 Å². The first-order chi connectivity index (χ1) is 10.4. The summed E-state index contributed by atoms with van der Waals surface area (Å²) in [5.74, 6) is 0.703. The van der Waals surface area contributed by atoms with Crippen molar-refractivity contribution in [3.63, 3.8) is 0 Å². The largest absolute Gasteiger partial charge is 0.492 e. The van der Waals surface area contributed by atoms with Crippen LogP contribution in [0.1, 0.15) is 11.1 Å². The molecule has 0 saturated heterocycles. The number of benzene rings is 2. The van der Waals surface area contributed by atoms with Crippen molar-refractivity contribution in [3.8, 4) is 5.75 Å². The van der Waals surface area contributed by atoms with Crippen molar-refractivity contribution in [1.82, 2.24) is 4.72 Å². The number of ether oxygens (including phenoxy) is 1. The van der Waals surface area contributed by atoms with E-state index in [0.717, 1.165) is 15.6 Å². The predicted octanol–water partition coefficient (Wildman–Crippen LogP) is 3.42. The molecule has 1 N–H and O–H groups in total. The quantitative estimate of drug-likeness (QED) is 0.777. The molecule has 0 aliphatic carbocycles. The lowest BCUT2D eigenvalue weighted by molar-refractivity contribution is 0.323. The van der Waals surface area contributed by atoms with Crippen LogP contribution >= 0.6 is 15.9 Å². The third kappa shape index (κ3) is 4.56. The molecule has 0 atom stereocenters. The summed E-state index contributed by atoms with van der Waals surface area (Å²) in [6, 6.07) is 12.8. The second kappa shape index (κ2) is 7.26. The van der Waals surface area contributed by atoms with Crippen molar-refractivity contribution in [1.29, 1.82) is 0 Å². The first-order valence-corrected chi connectivity index (χ1v) is 9.11. The Labute approximate surface area is 139 Å². The zero-order valence-corrected chi connectivity index (χ0v) is 14.9. The van der Waals surface area contributed by atoms with E-state index in [4.69, 9.17) is 4.74 Å². The Kier molecular flexibility index (Phi) is 5.61. The smallest absolute Gasteiger partial charge is 0.240 e. The summed E-state index contributed by atoms with van der Waals surface area (Å²) in [4.78, 5) is 0.316. The van der Waals surface area contributed by atoms with Crippen LogP contribution in [0.5, 0.6) is 5.75 Å². The van der Waals surface area contributed by atoms with Crippen LogP contribution in [0.4, 0.5) is 0 Å². The Balaban J connectivity index is 1.93. The SMILES string of the molecule is Cc1ccc(C)c(S(=O)(=O)NCCOc2ccc(Br)cc2)c1. The molecule has 2 aromatic rings. The van der Waals surface area contributed by atoms with Gasteiger partial charge < -0.3 is 4.74 Å². The van der Waals surface area contributed by atoms with E-state index < -0.39 is 10.0 Å². The van der Waals surface area contributed by atoms with Crippen LogP contribution in [0.2, 0.25) is 0 Å². The summed E-state index contributed by atoms with van der Waals surface area (Å²) in [5.41, 5.74) is 1.64. The van der Waals surface area contributed by atoms with Gasteiger partial charge in [0.25, 0.3) is 0 Å². The van der Waals surface area contributed by atoms with Gasteiger partial charge in [-0.05, 0) is 55.3 Å². The average molecular weight is 384 g/mol. The highest BCUT2D eigenvalue weighted by Gasteiger charge is 2.16. The fraction of sp³-hybridized carbons (Fsp3) is 0.250. The van der Waals surface area contributed by atoms with E-state index in [9.17, 15) is 8.42 Å². The van der Waals surface area contributed by atoms with E-state index >= 15 is 0 Å². The Morgan fingerprint density at radius 2 is 1.77 bits per heavy atom. The molecule has 0 aromatic heterocycles. The highest BCUT2D eigenvalue weighted by Crippen LogP contribution is 2.17. The Morgan fingerprint density at radius 1 is 1.09 bits per heavy atom. The molecule has 0 amide bonds. The van der Waals surface area contributed by atoms with Crippen molar-refractivity contribution in [2.24, 2.45) is 0 Å². The molecule has 2 rings (SSSR count). The molecule has 0 unspecified atom stereocenters. The minimum atomic E-state index is -3.51. The van der Waals surface area contributed by atoms with Crippen LogP contribution in [-0.4, -0.2) is 21.6 Å². The first-order valence-electron chi connectivity index (χ1n) is 6.84. The molecule has 6 heteroatoms. The number of hydrogen-bond acceptors (Lipinski definition) is 3. The molecule has 0 aliphatic rings. The maximum absolute atomic E-state index is 12.3. The number of halogens is 1. The van der Waals surface area contributed by atoms with Gasteiger partial charge in [0.2, 0.25) is 10.0 Å². The topological polar surface area (TPSA) is 55.4 Å². The minimum Gasteiger partial charge on any atom is -0.492 e. The van der Waals surface area contributed by atoms with E-state index in [1.165, 1.54) is 0 Å². The van der Waals surface area contributed by atoms with E-state index in [1.807, 2.05) is 43.3 Å². The van der Waals surface area contributed by atoms with Crippen LogP contribution in [0.25, 0.3) is 0 Å². The highest BCUT2D eigenvalue weighted by molar-refractivity contribution is 9.10. The Bertz CT molecular complexity index is 742. The fourth-order valence-corrected chi connectivity index (χ4v) is 3.56. The van der Waals surface area contributed by atoms with Gasteiger partial charge in [0.05, 0.1) is 4.90 Å². The fourth-order valence-electron chi connectivity index (χ4n) is 1.95. The average Bonchev–Trinajstić information content (AvgIpc) is 2.48. The minimum absolute atomic E-state index is 0.214. The maximum Gasteiger partial charge on any atom is 0.240 e. The van der Waals surface area contributed by atoms with Crippen molar-refractivity contribution >= 4 is 26.0 Å². The van der Waals surface area contributed by atoms with E-state index in [0.29, 0.717) is 10.6 Å². The standard InChI is InChI=1S/C16H18BrNO3S/c1-12-3-4-13(2)16(11-12)22(19,20)18-9-10-21-15-7-5-14(17)6-8-15/h3-8,11,18H,9-10H2,1-2H3. The molecule has 0 spiro atoms. The van der Waals surface area contributed by atoms with Crippen LogP contribution in [-0.2, 0) is 10.0 Å². The molecule has 0 radical (unpaired) electrons. The van der Waals surface area contributed by atoms with Gasteiger partial charge in [0, 0.05) is 11.0 Å². The summed E-state index contributed by atoms with van der Waals surface area (Å²) in [6.07, 6.45) is 0. The predicted molar refractivity (Wildman–Crippen MR) is 90.7 cm³/mol. The third-order valence-electron chi connectivity index (χ3n) is 3.11. The van der Waals surface area contributed by atoms with Gasteiger partial charge in [0.1, 0.15) is 12.4 Å². The molecule has 0 aliphatic heterocycles. The number of aryl methyl sites for hydroxylation is 2. The van der Waals surface area contributed by atoms with Crippen LogP contribution in [0, 0.1) is 13.8 Å². The molecule has 22 heavy (non-hydrogen) atoms. The van der Waals surface area contributed by atoms with Crippen LogP contribution in [0.3, 0.4) is 0 Å². The molecular weight excluding hydrogens is 366 g/mol. The summed E-state index contributed by atoms with van der Waals surface area (Å²) in [7, 11) is -3.51. The third-order valence-corrected chi connectivity index (χ3v) is 5.24. The summed E-state index contributed by atoms with van der Waals surface area (Å²) in [5, 5.41) is 0. The molecule has 0 saturated carbocycles. The van der Waals surface area contributed by atoms with Gasteiger partial charge in [0.15, 0.2) is 0 Å². The Hall–Kier alpha value is -1.37. The number of sulfonamides is 1. The van der Waals surface area contributed by atoms with Gasteiger partial charge >= 0.3 is 0 Å². The molecule has 4 nitrogen and oxygen atoms in total. The zero-order valence-electron chi connectivity index (χ0n) is 12.5. The van der Waals surface area contributed by atoms with Crippen LogP contribution in [0.15, 0.2) is 51.8 Å². The van der Waals surface area contributed by atoms with Crippen molar-refractivity contribution in [2.45, 2.75) is 18.7 Å². The van der Waals surface area contributed by atoms with Crippen LogP contribution < -0.4 is 9.46 Å². The van der Waals surface area contributed by atoms with Crippen molar-refractivity contribution < 1.29 is 13.2 Å². The number of rotatable bonds is 6. The lowest BCUT2D eigenvalue weighted by Gasteiger charge is -2.11. The van der Waals surface area contributed by atoms with Crippen molar-refractivity contribution in [3.05, 3.63) is 58.1 Å².